The molecule has 1 aliphatic carbocycles. The number of nitrogens with zero attached hydrogens (tertiary/aromatic N) is 1. The molecule has 2 N–H and O–H groups in total. The van der Waals surface area contributed by atoms with E-state index in [-0.39, 0.29) is 41.6 Å². The molecule has 0 spiro atoms. The predicted molar refractivity (Wildman–Crippen MR) is 130 cm³/mol. The number of carbonyl (C=O) groups is 2. The third kappa shape index (κ3) is 7.02. The number of rotatable bonds is 7. The fourth-order valence-electron chi connectivity index (χ4n) is 4.02. The van der Waals surface area contributed by atoms with Gasteiger partial charge in [-0.3, -0.25) is 4.79 Å². The average molecular weight is 524 g/mol. The molecule has 0 atom stereocenters. The number of anilines is 1. The molecule has 1 saturated heterocycles. The lowest BCUT2D eigenvalue weighted by atomic mass is 9.98. The van der Waals surface area contributed by atoms with E-state index in [9.17, 15) is 9.59 Å². The number of hydrogen-bond donors (Lipinski definition) is 2. The number of aromatic nitrogens is 1. The molecule has 2 aromatic rings. The van der Waals surface area contributed by atoms with Gasteiger partial charge in [-0.2, -0.15) is 0 Å². The zero-order valence-electron chi connectivity index (χ0n) is 18.0. The Morgan fingerprint density at radius 3 is 2.50 bits per heavy atom. The van der Waals surface area contributed by atoms with Crippen LogP contribution in [0.15, 0.2) is 30.5 Å². The highest BCUT2D eigenvalue weighted by Crippen LogP contribution is 2.29. The molecule has 2 aliphatic rings. The minimum Gasteiger partial charge on any atom is -0.482 e. The Labute approximate surface area is 203 Å². The number of ether oxygens (including phenoxy) is 2. The minimum atomic E-state index is -0.334. The van der Waals surface area contributed by atoms with Gasteiger partial charge >= 0.3 is 5.97 Å². The number of piperidine rings is 1. The van der Waals surface area contributed by atoms with Crippen molar-refractivity contribution >= 4 is 45.9 Å². The number of carbonyl (C=O) groups excluding carboxylic acids is 2. The van der Waals surface area contributed by atoms with E-state index in [4.69, 9.17) is 9.47 Å². The number of halogens is 1. The second kappa shape index (κ2) is 12.3. The van der Waals surface area contributed by atoms with Crippen LogP contribution < -0.4 is 15.4 Å². The van der Waals surface area contributed by atoms with Crippen molar-refractivity contribution in [3.05, 3.63) is 40.3 Å². The summed E-state index contributed by atoms with van der Waals surface area (Å²) in [7, 11) is 0. The highest BCUT2D eigenvalue weighted by molar-refractivity contribution is 8.93. The van der Waals surface area contributed by atoms with E-state index in [1.165, 1.54) is 17.8 Å². The van der Waals surface area contributed by atoms with E-state index in [1.54, 1.807) is 30.5 Å². The van der Waals surface area contributed by atoms with Gasteiger partial charge < -0.3 is 20.1 Å². The van der Waals surface area contributed by atoms with Crippen molar-refractivity contribution < 1.29 is 19.1 Å². The first-order valence-electron chi connectivity index (χ1n) is 11.1. The van der Waals surface area contributed by atoms with Crippen molar-refractivity contribution in [1.29, 1.82) is 0 Å². The van der Waals surface area contributed by atoms with Crippen LogP contribution in [0.1, 0.15) is 65.5 Å². The molecular weight excluding hydrogens is 494 g/mol. The molecule has 0 unspecified atom stereocenters. The van der Waals surface area contributed by atoms with Gasteiger partial charge in [0, 0.05) is 11.6 Å². The Balaban J connectivity index is 0.00000289. The van der Waals surface area contributed by atoms with E-state index in [1.807, 2.05) is 0 Å². The number of amides is 1. The number of esters is 1. The Morgan fingerprint density at radius 1 is 1.06 bits per heavy atom. The Bertz CT molecular complexity index is 878. The van der Waals surface area contributed by atoms with E-state index >= 15 is 0 Å². The van der Waals surface area contributed by atoms with Gasteiger partial charge in [0.2, 0.25) is 0 Å². The average Bonchev–Trinajstić information content (AvgIpc) is 3.31. The van der Waals surface area contributed by atoms with Crippen molar-refractivity contribution in [1.82, 2.24) is 10.3 Å². The molecule has 32 heavy (non-hydrogen) atoms. The molecule has 4 rings (SSSR count). The van der Waals surface area contributed by atoms with Gasteiger partial charge in [-0.05, 0) is 75.9 Å². The van der Waals surface area contributed by atoms with Gasteiger partial charge in [0.15, 0.2) is 6.61 Å². The van der Waals surface area contributed by atoms with E-state index in [2.05, 4.69) is 15.6 Å². The molecule has 1 aromatic heterocycles. The number of hydrogen-bond acceptors (Lipinski definition) is 7. The van der Waals surface area contributed by atoms with Crippen molar-refractivity contribution in [2.24, 2.45) is 0 Å². The summed E-state index contributed by atoms with van der Waals surface area (Å²) >= 11 is 1.47. The molecule has 9 heteroatoms. The quantitative estimate of drug-likeness (QED) is 0.511. The summed E-state index contributed by atoms with van der Waals surface area (Å²) in [4.78, 5) is 29.6. The topological polar surface area (TPSA) is 89.5 Å². The lowest BCUT2D eigenvalue weighted by Crippen LogP contribution is -2.26. The predicted octanol–water partition coefficient (Wildman–Crippen LogP) is 4.70. The highest BCUT2D eigenvalue weighted by atomic mass is 79.9. The molecule has 2 heterocycles. The fourth-order valence-corrected chi connectivity index (χ4v) is 5.00. The molecular formula is C23H30BrN3O4S. The third-order valence-corrected chi connectivity index (χ3v) is 6.91. The summed E-state index contributed by atoms with van der Waals surface area (Å²) in [6.07, 6.45) is 9.15. The molecule has 0 bridgehead atoms. The first-order valence-corrected chi connectivity index (χ1v) is 11.9. The Kier molecular flexibility index (Phi) is 9.50. The lowest BCUT2D eigenvalue weighted by Gasteiger charge is -2.21. The second-order valence-corrected chi connectivity index (χ2v) is 9.17. The summed E-state index contributed by atoms with van der Waals surface area (Å²) in [6, 6.07) is 6.98. The largest absolute Gasteiger partial charge is 0.482 e. The maximum atomic E-state index is 12.6. The van der Waals surface area contributed by atoms with Gasteiger partial charge in [-0.15, -0.1) is 28.3 Å². The van der Waals surface area contributed by atoms with Crippen molar-refractivity contribution in [2.75, 3.05) is 25.0 Å². The van der Waals surface area contributed by atoms with Gasteiger partial charge in [0.05, 0.1) is 11.2 Å². The SMILES string of the molecule is Br.O=C(COc1ccc(NC(=O)c2cnc(C3CCNCC3)s2)cc1)OC1CCCCC1. The zero-order valence-corrected chi connectivity index (χ0v) is 20.5. The number of benzene rings is 1. The maximum absolute atomic E-state index is 12.6. The van der Waals surface area contributed by atoms with Crippen molar-refractivity contribution in [3.63, 3.8) is 0 Å². The van der Waals surface area contributed by atoms with E-state index in [0.29, 0.717) is 22.2 Å². The molecule has 7 nitrogen and oxygen atoms in total. The minimum absolute atomic E-state index is 0. The van der Waals surface area contributed by atoms with Gasteiger partial charge in [0.25, 0.3) is 5.91 Å². The molecule has 0 radical (unpaired) electrons. The summed E-state index contributed by atoms with van der Waals surface area (Å²) in [5.41, 5.74) is 0.666. The van der Waals surface area contributed by atoms with E-state index < -0.39 is 0 Å². The zero-order chi connectivity index (χ0) is 21.5. The smallest absolute Gasteiger partial charge is 0.344 e. The maximum Gasteiger partial charge on any atom is 0.344 e. The molecule has 174 valence electrons. The number of thiazole rings is 1. The van der Waals surface area contributed by atoms with Crippen LogP contribution in [0.25, 0.3) is 0 Å². The Hall–Kier alpha value is -1.97. The number of nitrogens with one attached hydrogen (secondary N) is 2. The van der Waals surface area contributed by atoms with Crippen LogP contribution in [0.5, 0.6) is 5.75 Å². The first kappa shape index (κ1) is 24.7. The van der Waals surface area contributed by atoms with Crippen molar-refractivity contribution in [3.8, 4) is 5.75 Å². The molecule has 1 saturated carbocycles. The van der Waals surface area contributed by atoms with Crippen LogP contribution >= 0.6 is 28.3 Å². The monoisotopic (exact) mass is 523 g/mol. The molecule has 1 amide bonds. The fraction of sp³-hybridized carbons (Fsp3) is 0.522. The van der Waals surface area contributed by atoms with Crippen LogP contribution in [-0.4, -0.2) is 42.7 Å². The second-order valence-electron chi connectivity index (χ2n) is 8.10. The van der Waals surface area contributed by atoms with E-state index in [0.717, 1.165) is 56.6 Å². The lowest BCUT2D eigenvalue weighted by molar-refractivity contribution is -0.152. The van der Waals surface area contributed by atoms with Crippen LogP contribution in [0.2, 0.25) is 0 Å². The summed E-state index contributed by atoms with van der Waals surface area (Å²) < 4.78 is 11.0. The van der Waals surface area contributed by atoms with Crippen LogP contribution in [0, 0.1) is 0 Å². The summed E-state index contributed by atoms with van der Waals surface area (Å²) in [6.45, 7) is 1.89. The normalized spacial score (nSPS) is 17.2. The Morgan fingerprint density at radius 2 is 1.78 bits per heavy atom. The first-order chi connectivity index (χ1) is 15.2. The molecule has 2 fully saturated rings. The van der Waals surface area contributed by atoms with Gasteiger partial charge in [-0.25, -0.2) is 9.78 Å². The summed E-state index contributed by atoms with van der Waals surface area (Å²) in [5, 5.41) is 7.28. The van der Waals surface area contributed by atoms with Gasteiger partial charge in [0.1, 0.15) is 16.7 Å². The third-order valence-electron chi connectivity index (χ3n) is 5.75. The van der Waals surface area contributed by atoms with Crippen LogP contribution in [0.3, 0.4) is 0 Å². The van der Waals surface area contributed by atoms with Gasteiger partial charge in [-0.1, -0.05) is 6.42 Å². The van der Waals surface area contributed by atoms with Crippen LogP contribution in [0.4, 0.5) is 5.69 Å². The van der Waals surface area contributed by atoms with Crippen LogP contribution in [-0.2, 0) is 9.53 Å². The highest BCUT2D eigenvalue weighted by Gasteiger charge is 2.21. The summed E-state index contributed by atoms with van der Waals surface area (Å²) in [5.74, 6) is 0.500. The molecule has 1 aliphatic heterocycles. The van der Waals surface area contributed by atoms with Crippen molar-refractivity contribution in [2.45, 2.75) is 57.0 Å². The standard InChI is InChI=1S/C23H29N3O4S.BrH/c27-21(30-19-4-2-1-3-5-19)15-29-18-8-6-17(7-9-18)26-22(28)20-14-25-23(31-20)16-10-12-24-13-11-16;/h6-9,14,16,19,24H,1-5,10-13,15H2,(H,26,28);1H. The molecule has 1 aromatic carbocycles.